The maximum atomic E-state index is 12.9. The van der Waals surface area contributed by atoms with Crippen molar-refractivity contribution in [3.63, 3.8) is 0 Å². The fourth-order valence-electron chi connectivity index (χ4n) is 5.19. The molecule has 7 nitrogen and oxygen atoms in total. The van der Waals surface area contributed by atoms with Crippen LogP contribution in [-0.4, -0.2) is 46.5 Å². The van der Waals surface area contributed by atoms with E-state index in [0.29, 0.717) is 16.5 Å². The van der Waals surface area contributed by atoms with Crippen LogP contribution in [0.25, 0.3) is 10.9 Å². The second kappa shape index (κ2) is 9.59. The van der Waals surface area contributed by atoms with Crippen molar-refractivity contribution in [1.82, 2.24) is 14.5 Å². The SMILES string of the molecule is O=C(Nc1ccc(N2CCN(Cc3ccccc3)CC2)cc1)c1ccc2c(=O)n3c(nc2c1)CCC3. The van der Waals surface area contributed by atoms with Crippen LogP contribution in [0, 0.1) is 0 Å². The number of aryl methyl sites for hydroxylation is 1. The van der Waals surface area contributed by atoms with Crippen LogP contribution < -0.4 is 15.8 Å². The van der Waals surface area contributed by atoms with Gasteiger partial charge in [-0.25, -0.2) is 4.98 Å². The van der Waals surface area contributed by atoms with Gasteiger partial charge in [-0.3, -0.25) is 19.1 Å². The van der Waals surface area contributed by atoms with Crippen LogP contribution in [0.1, 0.15) is 28.2 Å². The molecule has 2 aliphatic heterocycles. The van der Waals surface area contributed by atoms with Crippen LogP contribution in [0.3, 0.4) is 0 Å². The number of carbonyl (C=O) groups excluding carboxylic acids is 1. The lowest BCUT2D eigenvalue weighted by Crippen LogP contribution is -2.45. The summed E-state index contributed by atoms with van der Waals surface area (Å²) in [6, 6.07) is 23.8. The minimum atomic E-state index is -0.207. The van der Waals surface area contributed by atoms with Gasteiger partial charge in [-0.1, -0.05) is 30.3 Å². The topological polar surface area (TPSA) is 70.5 Å². The average Bonchev–Trinajstić information content (AvgIpc) is 3.39. The summed E-state index contributed by atoms with van der Waals surface area (Å²) in [7, 11) is 0. The molecule has 1 saturated heterocycles. The number of aromatic nitrogens is 2. The Kier molecular flexibility index (Phi) is 5.99. The first-order valence-corrected chi connectivity index (χ1v) is 12.6. The average molecular weight is 480 g/mol. The first-order chi connectivity index (χ1) is 17.6. The van der Waals surface area contributed by atoms with Gasteiger partial charge in [0.15, 0.2) is 0 Å². The monoisotopic (exact) mass is 479 g/mol. The molecule has 2 aliphatic rings. The largest absolute Gasteiger partial charge is 0.369 e. The Balaban J connectivity index is 1.09. The highest BCUT2D eigenvalue weighted by atomic mass is 16.1. The minimum absolute atomic E-state index is 0.0176. The Morgan fingerprint density at radius 2 is 1.67 bits per heavy atom. The van der Waals surface area contributed by atoms with E-state index in [-0.39, 0.29) is 11.5 Å². The normalized spacial score (nSPS) is 15.7. The van der Waals surface area contributed by atoms with Gasteiger partial charge in [-0.15, -0.1) is 0 Å². The van der Waals surface area contributed by atoms with Crippen molar-refractivity contribution < 1.29 is 4.79 Å². The van der Waals surface area contributed by atoms with Crippen molar-refractivity contribution in [2.75, 3.05) is 36.4 Å². The summed E-state index contributed by atoms with van der Waals surface area (Å²) in [6.07, 6.45) is 1.74. The molecule has 0 aliphatic carbocycles. The predicted molar refractivity (Wildman–Crippen MR) is 143 cm³/mol. The molecule has 1 amide bonds. The first kappa shape index (κ1) is 22.5. The number of hydrogen-bond donors (Lipinski definition) is 1. The van der Waals surface area contributed by atoms with E-state index in [4.69, 9.17) is 0 Å². The maximum Gasteiger partial charge on any atom is 0.261 e. The van der Waals surface area contributed by atoms with Crippen LogP contribution in [0.4, 0.5) is 11.4 Å². The van der Waals surface area contributed by atoms with Gasteiger partial charge in [0.05, 0.1) is 10.9 Å². The van der Waals surface area contributed by atoms with Crippen molar-refractivity contribution in [2.24, 2.45) is 0 Å². The minimum Gasteiger partial charge on any atom is -0.369 e. The van der Waals surface area contributed by atoms with Gasteiger partial charge >= 0.3 is 0 Å². The third-order valence-corrected chi connectivity index (χ3v) is 7.19. The lowest BCUT2D eigenvalue weighted by Gasteiger charge is -2.36. The fourth-order valence-corrected chi connectivity index (χ4v) is 5.19. The van der Waals surface area contributed by atoms with Gasteiger partial charge in [-0.2, -0.15) is 0 Å². The maximum absolute atomic E-state index is 12.9. The Morgan fingerprint density at radius 3 is 2.44 bits per heavy atom. The molecule has 1 fully saturated rings. The molecule has 3 aromatic carbocycles. The number of fused-ring (bicyclic) bond motifs is 2. The molecule has 0 atom stereocenters. The quantitative estimate of drug-likeness (QED) is 0.470. The number of hydrogen-bond acceptors (Lipinski definition) is 5. The summed E-state index contributed by atoms with van der Waals surface area (Å²) in [6.45, 7) is 5.71. The van der Waals surface area contributed by atoms with Gasteiger partial charge in [-0.05, 0) is 54.4 Å². The van der Waals surface area contributed by atoms with E-state index in [0.717, 1.165) is 69.3 Å². The molecule has 0 spiro atoms. The Morgan fingerprint density at radius 1 is 0.889 bits per heavy atom. The molecule has 0 radical (unpaired) electrons. The summed E-state index contributed by atoms with van der Waals surface area (Å²) in [5.41, 5.74) is 4.32. The van der Waals surface area contributed by atoms with E-state index >= 15 is 0 Å². The molecule has 3 heterocycles. The van der Waals surface area contributed by atoms with E-state index in [1.807, 2.05) is 12.1 Å². The van der Waals surface area contributed by atoms with E-state index in [1.165, 1.54) is 5.56 Å². The molecular weight excluding hydrogens is 450 g/mol. The van der Waals surface area contributed by atoms with E-state index in [1.54, 1.807) is 22.8 Å². The predicted octanol–water partition coefficient (Wildman–Crippen LogP) is 3.92. The van der Waals surface area contributed by atoms with Crippen molar-refractivity contribution in [2.45, 2.75) is 25.9 Å². The Bertz CT molecular complexity index is 1460. The molecule has 4 aromatic rings. The molecule has 0 unspecified atom stereocenters. The van der Waals surface area contributed by atoms with E-state index < -0.39 is 0 Å². The number of nitrogens with zero attached hydrogens (tertiary/aromatic N) is 4. The van der Waals surface area contributed by atoms with E-state index in [2.05, 4.69) is 62.6 Å². The number of benzene rings is 3. The smallest absolute Gasteiger partial charge is 0.261 e. The zero-order chi connectivity index (χ0) is 24.5. The number of carbonyl (C=O) groups is 1. The van der Waals surface area contributed by atoms with Crippen LogP contribution in [-0.2, 0) is 19.5 Å². The third-order valence-electron chi connectivity index (χ3n) is 7.19. The Hall–Kier alpha value is -3.97. The summed E-state index contributed by atoms with van der Waals surface area (Å²) >= 11 is 0. The highest BCUT2D eigenvalue weighted by molar-refractivity contribution is 6.06. The third kappa shape index (κ3) is 4.50. The molecule has 1 aromatic heterocycles. The van der Waals surface area contributed by atoms with Crippen LogP contribution in [0.15, 0.2) is 77.6 Å². The summed E-state index contributed by atoms with van der Waals surface area (Å²) in [5, 5.41) is 3.54. The van der Waals surface area contributed by atoms with Gasteiger partial charge < -0.3 is 10.2 Å². The lowest BCUT2D eigenvalue weighted by molar-refractivity contribution is 0.102. The highest BCUT2D eigenvalue weighted by Crippen LogP contribution is 2.22. The molecule has 36 heavy (non-hydrogen) atoms. The van der Waals surface area contributed by atoms with Crippen LogP contribution in [0.2, 0.25) is 0 Å². The van der Waals surface area contributed by atoms with Crippen molar-refractivity contribution in [3.05, 3.63) is 100 Å². The number of rotatable bonds is 5. The van der Waals surface area contributed by atoms with Crippen LogP contribution in [0.5, 0.6) is 0 Å². The molecule has 7 heteroatoms. The Labute approximate surface area is 210 Å². The molecule has 0 bridgehead atoms. The van der Waals surface area contributed by atoms with Crippen molar-refractivity contribution in [3.8, 4) is 0 Å². The second-order valence-electron chi connectivity index (χ2n) is 9.57. The molecule has 1 N–H and O–H groups in total. The number of piperazine rings is 1. The highest BCUT2D eigenvalue weighted by Gasteiger charge is 2.19. The van der Waals surface area contributed by atoms with Crippen molar-refractivity contribution in [1.29, 1.82) is 0 Å². The number of nitrogens with one attached hydrogen (secondary N) is 1. The zero-order valence-electron chi connectivity index (χ0n) is 20.2. The summed E-state index contributed by atoms with van der Waals surface area (Å²) < 4.78 is 1.74. The molecule has 182 valence electrons. The summed E-state index contributed by atoms with van der Waals surface area (Å²) in [4.78, 5) is 35.1. The number of amides is 1. The molecular formula is C29H29N5O2. The van der Waals surface area contributed by atoms with Gasteiger partial charge in [0, 0.05) is 62.6 Å². The molecule has 6 rings (SSSR count). The number of anilines is 2. The van der Waals surface area contributed by atoms with Crippen LogP contribution >= 0.6 is 0 Å². The zero-order valence-corrected chi connectivity index (χ0v) is 20.2. The lowest BCUT2D eigenvalue weighted by atomic mass is 10.1. The van der Waals surface area contributed by atoms with Gasteiger partial charge in [0.2, 0.25) is 0 Å². The van der Waals surface area contributed by atoms with Crippen molar-refractivity contribution >= 4 is 28.2 Å². The first-order valence-electron chi connectivity index (χ1n) is 12.6. The van der Waals surface area contributed by atoms with E-state index in [9.17, 15) is 9.59 Å². The second-order valence-corrected chi connectivity index (χ2v) is 9.57. The fraction of sp³-hybridized carbons (Fsp3) is 0.276. The summed E-state index contributed by atoms with van der Waals surface area (Å²) in [5.74, 6) is 0.600. The van der Waals surface area contributed by atoms with Gasteiger partial charge in [0.25, 0.3) is 11.5 Å². The molecule has 0 saturated carbocycles. The van der Waals surface area contributed by atoms with Gasteiger partial charge in [0.1, 0.15) is 5.82 Å². The standard InChI is InChI=1S/C29H29N5O2/c35-28(22-8-13-25-26(19-22)31-27-7-4-14-34(27)29(25)36)30-23-9-11-24(12-10-23)33-17-15-32(16-18-33)20-21-5-2-1-3-6-21/h1-3,5-6,8-13,19H,4,7,14-18,20H2,(H,30,35).